The van der Waals surface area contributed by atoms with Crippen molar-refractivity contribution in [2.75, 3.05) is 20.6 Å². The average Bonchev–Trinajstić information content (AvgIpc) is 2.28. The van der Waals surface area contributed by atoms with Crippen LogP contribution in [0.4, 0.5) is 4.39 Å². The summed E-state index contributed by atoms with van der Waals surface area (Å²) in [6.07, 6.45) is 0. The third-order valence-electron chi connectivity index (χ3n) is 2.74. The Bertz CT molecular complexity index is 407. The van der Waals surface area contributed by atoms with Gasteiger partial charge in [0.15, 0.2) is 0 Å². The van der Waals surface area contributed by atoms with Crippen molar-refractivity contribution in [2.24, 2.45) is 5.73 Å². The highest BCUT2D eigenvalue weighted by molar-refractivity contribution is 5.80. The molecule has 1 amide bonds. The Balaban J connectivity index is 2.75. The summed E-state index contributed by atoms with van der Waals surface area (Å²) in [5.74, 6) is -0.490. The van der Waals surface area contributed by atoms with Gasteiger partial charge in [0.05, 0.1) is 12.1 Å². The van der Waals surface area contributed by atoms with E-state index in [1.807, 2.05) is 25.1 Å². The van der Waals surface area contributed by atoms with E-state index in [-0.39, 0.29) is 17.8 Å². The number of halogens is 1. The van der Waals surface area contributed by atoms with E-state index in [4.69, 9.17) is 5.73 Å². The number of amides is 1. The number of hydrogen-bond donors (Lipinski definition) is 2. The van der Waals surface area contributed by atoms with Gasteiger partial charge < -0.3 is 16.0 Å². The van der Waals surface area contributed by atoms with Crippen LogP contribution < -0.4 is 11.1 Å². The van der Waals surface area contributed by atoms with Crippen LogP contribution >= 0.6 is 0 Å². The van der Waals surface area contributed by atoms with Crippen molar-refractivity contribution in [3.8, 4) is 0 Å². The first-order valence-electron chi connectivity index (χ1n) is 5.87. The second kappa shape index (κ2) is 6.47. The molecule has 0 heterocycles. The molecular weight excluding hydrogens is 233 g/mol. The number of rotatable bonds is 5. The van der Waals surface area contributed by atoms with Crippen LogP contribution in [0.2, 0.25) is 0 Å². The molecule has 18 heavy (non-hydrogen) atoms. The smallest absolute Gasteiger partial charge is 0.236 e. The molecule has 1 unspecified atom stereocenters. The van der Waals surface area contributed by atoms with E-state index in [9.17, 15) is 9.18 Å². The number of likely N-dealkylation sites (N-methyl/N-ethyl adjacent to an activating group) is 1. The summed E-state index contributed by atoms with van der Waals surface area (Å²) in [6.45, 7) is 2.03. The van der Waals surface area contributed by atoms with Gasteiger partial charge in [-0.05, 0) is 38.7 Å². The van der Waals surface area contributed by atoms with Gasteiger partial charge in [-0.3, -0.25) is 4.79 Å². The SMILES string of the molecule is C[C@@H](N)C(=O)NCC(c1cccc(F)c1)N(C)C. The van der Waals surface area contributed by atoms with Crippen LogP contribution in [0.3, 0.4) is 0 Å². The summed E-state index contributed by atoms with van der Waals surface area (Å²) in [5.41, 5.74) is 6.30. The van der Waals surface area contributed by atoms with E-state index in [1.54, 1.807) is 13.0 Å². The maximum absolute atomic E-state index is 13.2. The van der Waals surface area contributed by atoms with Crippen LogP contribution in [0, 0.1) is 5.82 Å². The Morgan fingerprint density at radius 1 is 1.50 bits per heavy atom. The number of hydrogen-bond acceptors (Lipinski definition) is 3. The molecule has 3 N–H and O–H groups in total. The molecule has 0 aliphatic carbocycles. The molecule has 100 valence electrons. The fourth-order valence-corrected chi connectivity index (χ4v) is 1.67. The van der Waals surface area contributed by atoms with Gasteiger partial charge in [-0.1, -0.05) is 12.1 Å². The highest BCUT2D eigenvalue weighted by Crippen LogP contribution is 2.18. The number of nitrogens with zero attached hydrogens (tertiary/aromatic N) is 1. The third-order valence-corrected chi connectivity index (χ3v) is 2.74. The van der Waals surface area contributed by atoms with Gasteiger partial charge in [-0.15, -0.1) is 0 Å². The minimum absolute atomic E-state index is 0.0802. The lowest BCUT2D eigenvalue weighted by Gasteiger charge is -2.25. The predicted molar refractivity (Wildman–Crippen MR) is 69.5 cm³/mol. The van der Waals surface area contributed by atoms with Crippen LogP contribution in [0.15, 0.2) is 24.3 Å². The molecule has 0 aromatic heterocycles. The van der Waals surface area contributed by atoms with Crippen LogP contribution in [0.5, 0.6) is 0 Å². The highest BCUT2D eigenvalue weighted by Gasteiger charge is 2.16. The van der Waals surface area contributed by atoms with Crippen molar-refractivity contribution in [3.05, 3.63) is 35.6 Å². The molecule has 1 aromatic rings. The van der Waals surface area contributed by atoms with Gasteiger partial charge in [0.2, 0.25) is 5.91 Å². The van der Waals surface area contributed by atoms with E-state index in [2.05, 4.69) is 5.32 Å². The maximum Gasteiger partial charge on any atom is 0.236 e. The summed E-state index contributed by atoms with van der Waals surface area (Å²) >= 11 is 0. The third kappa shape index (κ3) is 4.09. The van der Waals surface area contributed by atoms with Crippen molar-refractivity contribution >= 4 is 5.91 Å². The second-order valence-corrected chi connectivity index (χ2v) is 4.57. The molecule has 5 heteroatoms. The lowest BCUT2D eigenvalue weighted by Crippen LogP contribution is -2.42. The predicted octanol–water partition coefficient (Wildman–Crippen LogP) is 0.892. The zero-order chi connectivity index (χ0) is 13.7. The fourth-order valence-electron chi connectivity index (χ4n) is 1.67. The zero-order valence-electron chi connectivity index (χ0n) is 11.0. The monoisotopic (exact) mass is 253 g/mol. The van der Waals surface area contributed by atoms with Crippen LogP contribution in [0.25, 0.3) is 0 Å². The summed E-state index contributed by atoms with van der Waals surface area (Å²) in [7, 11) is 3.77. The molecular formula is C13H20FN3O. The molecule has 0 bridgehead atoms. The first-order chi connectivity index (χ1) is 8.41. The minimum atomic E-state index is -0.541. The van der Waals surface area contributed by atoms with Gasteiger partial charge >= 0.3 is 0 Å². The van der Waals surface area contributed by atoms with Crippen molar-refractivity contribution in [1.29, 1.82) is 0 Å². The Labute approximate surface area is 107 Å². The largest absolute Gasteiger partial charge is 0.353 e. The number of nitrogens with one attached hydrogen (secondary N) is 1. The number of carbonyl (C=O) groups excluding carboxylic acids is 1. The molecule has 1 aromatic carbocycles. The summed E-state index contributed by atoms with van der Waals surface area (Å²) < 4.78 is 13.2. The van der Waals surface area contributed by atoms with Crippen molar-refractivity contribution in [1.82, 2.24) is 10.2 Å². The van der Waals surface area contributed by atoms with Crippen LogP contribution in [-0.4, -0.2) is 37.5 Å². The van der Waals surface area contributed by atoms with Crippen LogP contribution in [-0.2, 0) is 4.79 Å². The number of carbonyl (C=O) groups is 1. The quantitative estimate of drug-likeness (QED) is 0.819. The van der Waals surface area contributed by atoms with Gasteiger partial charge in [0, 0.05) is 6.54 Å². The van der Waals surface area contributed by atoms with E-state index in [1.165, 1.54) is 12.1 Å². The number of nitrogens with two attached hydrogens (primary N) is 1. The normalized spacial score (nSPS) is 14.3. The summed E-state index contributed by atoms with van der Waals surface area (Å²) in [4.78, 5) is 13.4. The minimum Gasteiger partial charge on any atom is -0.353 e. The topological polar surface area (TPSA) is 58.4 Å². The van der Waals surface area contributed by atoms with Crippen molar-refractivity contribution in [3.63, 3.8) is 0 Å². The first kappa shape index (κ1) is 14.6. The Morgan fingerprint density at radius 2 is 2.17 bits per heavy atom. The van der Waals surface area contributed by atoms with Crippen molar-refractivity contribution in [2.45, 2.75) is 19.0 Å². The van der Waals surface area contributed by atoms with Crippen molar-refractivity contribution < 1.29 is 9.18 Å². The summed E-state index contributed by atoms with van der Waals surface area (Å²) in [5, 5.41) is 2.75. The first-order valence-corrected chi connectivity index (χ1v) is 5.87. The van der Waals surface area contributed by atoms with Gasteiger partial charge in [-0.2, -0.15) is 0 Å². The molecule has 1 rings (SSSR count). The zero-order valence-corrected chi connectivity index (χ0v) is 11.0. The molecule has 0 aliphatic rings. The number of benzene rings is 1. The molecule has 2 atom stereocenters. The Hall–Kier alpha value is -1.46. The van der Waals surface area contributed by atoms with E-state index < -0.39 is 6.04 Å². The van der Waals surface area contributed by atoms with Gasteiger partial charge in [0.25, 0.3) is 0 Å². The Morgan fingerprint density at radius 3 is 2.67 bits per heavy atom. The van der Waals surface area contributed by atoms with E-state index >= 15 is 0 Å². The molecule has 0 spiro atoms. The standard InChI is InChI=1S/C13H20FN3O/c1-9(15)13(18)16-8-12(17(2)3)10-5-4-6-11(14)7-10/h4-7,9,12H,8,15H2,1-3H3,(H,16,18)/t9-,12?/m1/s1. The molecule has 0 saturated heterocycles. The van der Waals surface area contributed by atoms with E-state index in [0.29, 0.717) is 6.54 Å². The van der Waals surface area contributed by atoms with E-state index in [0.717, 1.165) is 5.56 Å². The lowest BCUT2D eigenvalue weighted by atomic mass is 10.1. The van der Waals surface area contributed by atoms with Gasteiger partial charge in [0.1, 0.15) is 5.82 Å². The molecule has 0 fully saturated rings. The molecule has 0 saturated carbocycles. The van der Waals surface area contributed by atoms with Crippen LogP contribution in [0.1, 0.15) is 18.5 Å². The maximum atomic E-state index is 13.2. The molecule has 0 aliphatic heterocycles. The Kier molecular flexibility index (Phi) is 5.25. The lowest BCUT2D eigenvalue weighted by molar-refractivity contribution is -0.122. The average molecular weight is 253 g/mol. The summed E-state index contributed by atoms with van der Waals surface area (Å²) in [6, 6.07) is 5.75. The van der Waals surface area contributed by atoms with Gasteiger partial charge in [-0.25, -0.2) is 4.39 Å². The highest BCUT2D eigenvalue weighted by atomic mass is 19.1. The molecule has 4 nitrogen and oxygen atoms in total. The molecule has 0 radical (unpaired) electrons. The fraction of sp³-hybridized carbons (Fsp3) is 0.462. The second-order valence-electron chi connectivity index (χ2n) is 4.57.